The number of nitrogens with zero attached hydrogens (tertiary/aromatic N) is 1. The highest BCUT2D eigenvalue weighted by Crippen LogP contribution is 2.25. The summed E-state index contributed by atoms with van der Waals surface area (Å²) >= 11 is 1.09. The second-order valence-corrected chi connectivity index (χ2v) is 9.81. The molecular formula is C13H16N2O4S3. The third-order valence-corrected chi connectivity index (χ3v) is 7.57. The molecule has 120 valence electrons. The first kappa shape index (κ1) is 16.9. The number of sulfonamides is 2. The topological polar surface area (TPSA) is 83.6 Å². The molecule has 22 heavy (non-hydrogen) atoms. The van der Waals surface area contributed by atoms with Crippen molar-refractivity contribution in [1.82, 2.24) is 4.31 Å². The molecule has 0 aliphatic heterocycles. The maximum Gasteiger partial charge on any atom is 0.271 e. The summed E-state index contributed by atoms with van der Waals surface area (Å²) in [7, 11) is -4.50. The van der Waals surface area contributed by atoms with Gasteiger partial charge in [0.15, 0.2) is 0 Å². The smallest absolute Gasteiger partial charge is 0.271 e. The van der Waals surface area contributed by atoms with E-state index in [4.69, 9.17) is 0 Å². The molecule has 0 saturated heterocycles. The van der Waals surface area contributed by atoms with E-state index in [0.29, 0.717) is 5.56 Å². The number of nitrogens with one attached hydrogen (secondary N) is 1. The van der Waals surface area contributed by atoms with Gasteiger partial charge >= 0.3 is 0 Å². The summed E-state index contributed by atoms with van der Waals surface area (Å²) in [6, 6.07) is 7.48. The second-order valence-electron chi connectivity index (χ2n) is 4.80. The number of anilines is 1. The van der Waals surface area contributed by atoms with E-state index in [-0.39, 0.29) is 14.8 Å². The SMILES string of the molecule is Cc1ccc(S(=O)(=O)N(C)C)cc1NS(=O)(=O)c1cccs1. The molecule has 0 bridgehead atoms. The van der Waals surface area contributed by atoms with Gasteiger partial charge < -0.3 is 0 Å². The van der Waals surface area contributed by atoms with Crippen molar-refractivity contribution in [2.45, 2.75) is 16.0 Å². The van der Waals surface area contributed by atoms with Gasteiger partial charge in [-0.05, 0) is 36.1 Å². The first-order valence-electron chi connectivity index (χ1n) is 6.24. The summed E-state index contributed by atoms with van der Waals surface area (Å²) in [5.41, 5.74) is 0.883. The van der Waals surface area contributed by atoms with Crippen LogP contribution in [-0.4, -0.2) is 35.2 Å². The minimum Gasteiger partial charge on any atom is -0.279 e. The molecule has 0 fully saturated rings. The lowest BCUT2D eigenvalue weighted by Gasteiger charge is -2.14. The van der Waals surface area contributed by atoms with Crippen LogP contribution in [0, 0.1) is 6.92 Å². The standard InChI is InChI=1S/C13H16N2O4S3/c1-10-6-7-11(22(18,19)15(2)3)9-12(10)14-21(16,17)13-5-4-8-20-13/h4-9,14H,1-3H3. The number of benzene rings is 1. The molecule has 0 spiro atoms. The highest BCUT2D eigenvalue weighted by molar-refractivity contribution is 7.94. The van der Waals surface area contributed by atoms with Crippen LogP contribution in [0.5, 0.6) is 0 Å². The van der Waals surface area contributed by atoms with Crippen molar-refractivity contribution in [1.29, 1.82) is 0 Å². The molecule has 2 rings (SSSR count). The minimum absolute atomic E-state index is 0.0342. The lowest BCUT2D eigenvalue weighted by Crippen LogP contribution is -2.22. The lowest BCUT2D eigenvalue weighted by atomic mass is 10.2. The molecule has 9 heteroatoms. The largest absolute Gasteiger partial charge is 0.279 e. The molecular weight excluding hydrogens is 344 g/mol. The Morgan fingerprint density at radius 3 is 2.32 bits per heavy atom. The fourth-order valence-corrected chi connectivity index (χ4v) is 4.74. The molecule has 1 N–H and O–H groups in total. The van der Waals surface area contributed by atoms with Gasteiger partial charge in [0.1, 0.15) is 4.21 Å². The fraction of sp³-hybridized carbons (Fsp3) is 0.231. The van der Waals surface area contributed by atoms with Crippen molar-refractivity contribution in [3.8, 4) is 0 Å². The fourth-order valence-electron chi connectivity index (χ4n) is 1.69. The zero-order chi connectivity index (χ0) is 16.5. The third-order valence-electron chi connectivity index (χ3n) is 2.99. The monoisotopic (exact) mass is 360 g/mol. The molecule has 0 radical (unpaired) electrons. The molecule has 1 aromatic carbocycles. The normalized spacial score (nSPS) is 12.5. The van der Waals surface area contributed by atoms with Gasteiger partial charge in [-0.25, -0.2) is 21.1 Å². The van der Waals surface area contributed by atoms with Crippen molar-refractivity contribution in [3.63, 3.8) is 0 Å². The molecule has 1 aromatic heterocycles. The number of hydrogen-bond acceptors (Lipinski definition) is 5. The highest BCUT2D eigenvalue weighted by atomic mass is 32.2. The summed E-state index contributed by atoms with van der Waals surface area (Å²) in [6.45, 7) is 1.71. The number of hydrogen-bond donors (Lipinski definition) is 1. The Balaban J connectivity index is 2.45. The van der Waals surface area contributed by atoms with Crippen LogP contribution in [0.25, 0.3) is 0 Å². The van der Waals surface area contributed by atoms with Gasteiger partial charge in [0.25, 0.3) is 10.0 Å². The molecule has 0 atom stereocenters. The molecule has 0 aliphatic carbocycles. The van der Waals surface area contributed by atoms with E-state index >= 15 is 0 Å². The second kappa shape index (κ2) is 5.99. The van der Waals surface area contributed by atoms with Crippen LogP contribution in [0.1, 0.15) is 5.56 Å². The van der Waals surface area contributed by atoms with Crippen LogP contribution in [0.4, 0.5) is 5.69 Å². The van der Waals surface area contributed by atoms with E-state index in [1.807, 2.05) is 0 Å². The summed E-state index contributed by atoms with van der Waals surface area (Å²) in [4.78, 5) is 0.0342. The Bertz CT molecular complexity index is 870. The third kappa shape index (κ3) is 3.32. The quantitative estimate of drug-likeness (QED) is 0.885. The van der Waals surface area contributed by atoms with Crippen molar-refractivity contribution in [2.75, 3.05) is 18.8 Å². The summed E-state index contributed by atoms with van der Waals surface area (Å²) in [6.07, 6.45) is 0. The van der Waals surface area contributed by atoms with Crippen molar-refractivity contribution in [3.05, 3.63) is 41.3 Å². The zero-order valence-corrected chi connectivity index (χ0v) is 14.7. The van der Waals surface area contributed by atoms with Crippen LogP contribution in [0.3, 0.4) is 0 Å². The van der Waals surface area contributed by atoms with E-state index in [1.165, 1.54) is 32.3 Å². The van der Waals surface area contributed by atoms with Gasteiger partial charge in [-0.15, -0.1) is 11.3 Å². The van der Waals surface area contributed by atoms with Crippen LogP contribution in [0.15, 0.2) is 44.8 Å². The first-order valence-corrected chi connectivity index (χ1v) is 10.0. The lowest BCUT2D eigenvalue weighted by molar-refractivity contribution is 0.520. The van der Waals surface area contributed by atoms with E-state index in [9.17, 15) is 16.8 Å². The van der Waals surface area contributed by atoms with Crippen LogP contribution < -0.4 is 4.72 Å². The van der Waals surface area contributed by atoms with Crippen molar-refractivity contribution < 1.29 is 16.8 Å². The van der Waals surface area contributed by atoms with Gasteiger partial charge in [-0.3, -0.25) is 4.72 Å². The average Bonchev–Trinajstić information content (AvgIpc) is 2.95. The Hall–Kier alpha value is -1.42. The summed E-state index contributed by atoms with van der Waals surface area (Å²) in [5.74, 6) is 0. The van der Waals surface area contributed by atoms with Crippen molar-refractivity contribution >= 4 is 37.1 Å². The highest BCUT2D eigenvalue weighted by Gasteiger charge is 2.21. The molecule has 0 aliphatic rings. The Kier molecular flexibility index (Phi) is 4.62. The maximum atomic E-state index is 12.2. The summed E-state index contributed by atoms with van der Waals surface area (Å²) in [5, 5.41) is 1.66. The van der Waals surface area contributed by atoms with Gasteiger partial charge in [0, 0.05) is 14.1 Å². The molecule has 1 heterocycles. The first-order chi connectivity index (χ1) is 10.1. The molecule has 6 nitrogen and oxygen atoms in total. The van der Waals surface area contributed by atoms with Gasteiger partial charge in [0.05, 0.1) is 10.6 Å². The predicted octanol–water partition coefficient (Wildman–Crippen LogP) is 2.11. The van der Waals surface area contributed by atoms with Crippen LogP contribution in [-0.2, 0) is 20.0 Å². The van der Waals surface area contributed by atoms with Gasteiger partial charge in [-0.1, -0.05) is 12.1 Å². The van der Waals surface area contributed by atoms with Gasteiger partial charge in [-0.2, -0.15) is 0 Å². The Morgan fingerprint density at radius 1 is 1.09 bits per heavy atom. The molecule has 2 aromatic rings. The summed E-state index contributed by atoms with van der Waals surface area (Å²) < 4.78 is 52.5. The average molecular weight is 360 g/mol. The molecule has 0 unspecified atom stereocenters. The molecule has 0 saturated carbocycles. The number of rotatable bonds is 5. The van der Waals surface area contributed by atoms with Crippen molar-refractivity contribution in [2.24, 2.45) is 0 Å². The molecule has 0 amide bonds. The minimum atomic E-state index is -3.71. The van der Waals surface area contributed by atoms with E-state index in [1.54, 1.807) is 24.4 Å². The van der Waals surface area contributed by atoms with E-state index in [0.717, 1.165) is 15.6 Å². The zero-order valence-electron chi connectivity index (χ0n) is 12.3. The maximum absolute atomic E-state index is 12.2. The number of thiophene rings is 1. The Labute approximate surface area is 134 Å². The predicted molar refractivity (Wildman–Crippen MR) is 87.2 cm³/mol. The Morgan fingerprint density at radius 2 is 1.77 bits per heavy atom. The number of aryl methyl sites for hydroxylation is 1. The van der Waals surface area contributed by atoms with E-state index in [2.05, 4.69) is 4.72 Å². The van der Waals surface area contributed by atoms with Crippen LogP contribution in [0.2, 0.25) is 0 Å². The van der Waals surface area contributed by atoms with E-state index < -0.39 is 20.0 Å². The van der Waals surface area contributed by atoms with Gasteiger partial charge in [0.2, 0.25) is 10.0 Å². The van der Waals surface area contributed by atoms with Crippen LogP contribution >= 0.6 is 11.3 Å².